The number of aromatic nitrogens is 2. The van der Waals surface area contributed by atoms with Gasteiger partial charge in [-0.1, -0.05) is 12.8 Å². The van der Waals surface area contributed by atoms with Crippen LogP contribution in [-0.2, 0) is 11.3 Å². The molecule has 1 aliphatic rings. The molecule has 94 valence electrons. The SMILES string of the molecule is CC(Cn1cccn1)NC1(C(=O)O)CCCC1. The third-order valence-corrected chi connectivity index (χ3v) is 3.41. The Morgan fingerprint density at radius 3 is 2.82 bits per heavy atom. The first kappa shape index (κ1) is 12.1. The average molecular weight is 237 g/mol. The first-order chi connectivity index (χ1) is 8.12. The van der Waals surface area contributed by atoms with Gasteiger partial charge in [0.2, 0.25) is 0 Å². The van der Waals surface area contributed by atoms with E-state index in [-0.39, 0.29) is 6.04 Å². The Morgan fingerprint density at radius 1 is 1.59 bits per heavy atom. The van der Waals surface area contributed by atoms with E-state index in [9.17, 15) is 9.90 Å². The number of rotatable bonds is 5. The summed E-state index contributed by atoms with van der Waals surface area (Å²) < 4.78 is 1.82. The molecule has 1 unspecified atom stereocenters. The van der Waals surface area contributed by atoms with Crippen LogP contribution in [0.15, 0.2) is 18.5 Å². The van der Waals surface area contributed by atoms with E-state index < -0.39 is 11.5 Å². The smallest absolute Gasteiger partial charge is 0.323 e. The molecule has 1 aromatic rings. The number of nitrogens with zero attached hydrogens (tertiary/aromatic N) is 2. The topological polar surface area (TPSA) is 67.2 Å². The van der Waals surface area contributed by atoms with Crippen LogP contribution in [0.2, 0.25) is 0 Å². The molecule has 1 saturated carbocycles. The highest BCUT2D eigenvalue weighted by molar-refractivity contribution is 5.79. The summed E-state index contributed by atoms with van der Waals surface area (Å²) in [6.45, 7) is 2.70. The molecule has 5 heteroatoms. The van der Waals surface area contributed by atoms with Crippen molar-refractivity contribution in [2.75, 3.05) is 0 Å². The van der Waals surface area contributed by atoms with E-state index >= 15 is 0 Å². The second-order valence-electron chi connectivity index (χ2n) is 4.87. The Morgan fingerprint density at radius 2 is 2.29 bits per heavy atom. The van der Waals surface area contributed by atoms with Crippen molar-refractivity contribution in [3.05, 3.63) is 18.5 Å². The van der Waals surface area contributed by atoms with Crippen LogP contribution in [-0.4, -0.2) is 32.4 Å². The van der Waals surface area contributed by atoms with Gasteiger partial charge in [0, 0.05) is 18.4 Å². The molecule has 0 aliphatic heterocycles. The monoisotopic (exact) mass is 237 g/mol. The molecule has 1 heterocycles. The third kappa shape index (κ3) is 2.66. The molecule has 0 radical (unpaired) electrons. The van der Waals surface area contributed by atoms with Gasteiger partial charge in [-0.3, -0.25) is 14.8 Å². The number of hydrogen-bond donors (Lipinski definition) is 2. The molecule has 1 aromatic heterocycles. The molecule has 0 bridgehead atoms. The van der Waals surface area contributed by atoms with E-state index in [0.717, 1.165) is 25.7 Å². The Bertz CT molecular complexity index is 369. The van der Waals surface area contributed by atoms with Gasteiger partial charge in [-0.05, 0) is 25.8 Å². The summed E-state index contributed by atoms with van der Waals surface area (Å²) in [6, 6.07) is 1.97. The molecule has 0 spiro atoms. The molecule has 1 atom stereocenters. The lowest BCUT2D eigenvalue weighted by atomic mass is 9.96. The van der Waals surface area contributed by atoms with Crippen LogP contribution in [0.3, 0.4) is 0 Å². The Balaban J connectivity index is 1.96. The summed E-state index contributed by atoms with van der Waals surface area (Å²) in [5.41, 5.74) is -0.716. The maximum Gasteiger partial charge on any atom is 0.323 e. The zero-order valence-corrected chi connectivity index (χ0v) is 10.1. The lowest BCUT2D eigenvalue weighted by Crippen LogP contribution is -2.54. The Labute approximate surface area is 101 Å². The van der Waals surface area contributed by atoms with Crippen LogP contribution >= 0.6 is 0 Å². The molecule has 5 nitrogen and oxygen atoms in total. The summed E-state index contributed by atoms with van der Waals surface area (Å²) in [4.78, 5) is 11.4. The average Bonchev–Trinajstić information content (AvgIpc) is 2.89. The molecular formula is C12H19N3O2. The summed E-state index contributed by atoms with van der Waals surface area (Å²) in [6.07, 6.45) is 7.06. The van der Waals surface area contributed by atoms with E-state index in [0.29, 0.717) is 6.54 Å². The van der Waals surface area contributed by atoms with Crippen LogP contribution in [0.1, 0.15) is 32.6 Å². The van der Waals surface area contributed by atoms with Gasteiger partial charge in [0.1, 0.15) is 5.54 Å². The maximum absolute atomic E-state index is 11.4. The standard InChI is InChI=1S/C12H19N3O2/c1-10(9-15-8-4-7-13-15)14-12(11(16)17)5-2-3-6-12/h4,7-8,10,14H,2-3,5-6,9H2,1H3,(H,16,17). The highest BCUT2D eigenvalue weighted by atomic mass is 16.4. The van der Waals surface area contributed by atoms with Gasteiger partial charge in [0.15, 0.2) is 0 Å². The largest absolute Gasteiger partial charge is 0.480 e. The lowest BCUT2D eigenvalue weighted by molar-refractivity contribution is -0.145. The highest BCUT2D eigenvalue weighted by Crippen LogP contribution is 2.30. The molecule has 0 amide bonds. The fourth-order valence-electron chi connectivity index (χ4n) is 2.60. The van der Waals surface area contributed by atoms with E-state index in [1.807, 2.05) is 23.9 Å². The lowest BCUT2D eigenvalue weighted by Gasteiger charge is -2.29. The van der Waals surface area contributed by atoms with Crippen molar-refractivity contribution in [1.29, 1.82) is 0 Å². The second kappa shape index (κ2) is 4.87. The fraction of sp³-hybridized carbons (Fsp3) is 0.667. The van der Waals surface area contributed by atoms with Gasteiger partial charge in [0.25, 0.3) is 0 Å². The number of hydrogen-bond acceptors (Lipinski definition) is 3. The van der Waals surface area contributed by atoms with Crippen molar-refractivity contribution in [1.82, 2.24) is 15.1 Å². The van der Waals surface area contributed by atoms with Gasteiger partial charge < -0.3 is 5.11 Å². The number of nitrogens with one attached hydrogen (secondary N) is 1. The van der Waals surface area contributed by atoms with E-state index in [4.69, 9.17) is 0 Å². The first-order valence-corrected chi connectivity index (χ1v) is 6.11. The molecule has 2 rings (SSSR count). The van der Waals surface area contributed by atoms with Crippen LogP contribution in [0.4, 0.5) is 0 Å². The molecule has 2 N–H and O–H groups in total. The maximum atomic E-state index is 11.4. The number of carbonyl (C=O) groups is 1. The molecule has 0 saturated heterocycles. The zero-order valence-electron chi connectivity index (χ0n) is 10.1. The van der Waals surface area contributed by atoms with Gasteiger partial charge in [-0.25, -0.2) is 0 Å². The van der Waals surface area contributed by atoms with Crippen molar-refractivity contribution in [3.8, 4) is 0 Å². The van der Waals surface area contributed by atoms with E-state index in [1.165, 1.54) is 0 Å². The minimum absolute atomic E-state index is 0.101. The van der Waals surface area contributed by atoms with Gasteiger partial charge >= 0.3 is 5.97 Å². The minimum Gasteiger partial charge on any atom is -0.480 e. The zero-order chi connectivity index (χ0) is 12.3. The molecule has 1 aliphatic carbocycles. The summed E-state index contributed by atoms with van der Waals surface area (Å²) in [5.74, 6) is -0.720. The van der Waals surface area contributed by atoms with Crippen molar-refractivity contribution in [2.45, 2.75) is 50.7 Å². The minimum atomic E-state index is -0.720. The summed E-state index contributed by atoms with van der Waals surface area (Å²) in [7, 11) is 0. The number of carboxylic acid groups (broad SMARTS) is 1. The van der Waals surface area contributed by atoms with Gasteiger partial charge in [0.05, 0.1) is 6.54 Å². The summed E-state index contributed by atoms with van der Waals surface area (Å²) in [5, 5.41) is 16.8. The predicted molar refractivity (Wildman–Crippen MR) is 63.7 cm³/mol. The number of aliphatic carboxylic acids is 1. The van der Waals surface area contributed by atoms with E-state index in [1.54, 1.807) is 6.20 Å². The van der Waals surface area contributed by atoms with Gasteiger partial charge in [-0.15, -0.1) is 0 Å². The van der Waals surface area contributed by atoms with Crippen LogP contribution in [0.25, 0.3) is 0 Å². The predicted octanol–water partition coefficient (Wildman–Crippen LogP) is 1.26. The fourth-order valence-corrected chi connectivity index (χ4v) is 2.60. The normalized spacial score (nSPS) is 20.3. The van der Waals surface area contributed by atoms with Crippen LogP contribution in [0.5, 0.6) is 0 Å². The molecule has 0 aromatic carbocycles. The quantitative estimate of drug-likeness (QED) is 0.809. The van der Waals surface area contributed by atoms with Crippen molar-refractivity contribution >= 4 is 5.97 Å². The van der Waals surface area contributed by atoms with Crippen LogP contribution < -0.4 is 5.32 Å². The highest BCUT2D eigenvalue weighted by Gasteiger charge is 2.41. The Hall–Kier alpha value is -1.36. The summed E-state index contributed by atoms with van der Waals surface area (Å²) >= 11 is 0. The molecular weight excluding hydrogens is 218 g/mol. The van der Waals surface area contributed by atoms with Gasteiger partial charge in [-0.2, -0.15) is 5.10 Å². The first-order valence-electron chi connectivity index (χ1n) is 6.11. The molecule has 1 fully saturated rings. The third-order valence-electron chi connectivity index (χ3n) is 3.41. The second-order valence-corrected chi connectivity index (χ2v) is 4.87. The van der Waals surface area contributed by atoms with Crippen molar-refractivity contribution in [3.63, 3.8) is 0 Å². The number of carboxylic acids is 1. The van der Waals surface area contributed by atoms with Crippen molar-refractivity contribution < 1.29 is 9.90 Å². The van der Waals surface area contributed by atoms with E-state index in [2.05, 4.69) is 10.4 Å². The van der Waals surface area contributed by atoms with Crippen LogP contribution in [0, 0.1) is 0 Å². The molecule has 17 heavy (non-hydrogen) atoms. The van der Waals surface area contributed by atoms with Crippen molar-refractivity contribution in [2.24, 2.45) is 0 Å². The Kier molecular flexibility index (Phi) is 3.47.